The molecule has 0 bridgehead atoms. The first kappa shape index (κ1) is 13.1. The Kier molecular flexibility index (Phi) is 3.71. The molecule has 1 aromatic carbocycles. The average Bonchev–Trinajstić information content (AvgIpc) is 3.10. The lowest BCUT2D eigenvalue weighted by molar-refractivity contribution is 0.0827. The van der Waals surface area contributed by atoms with Crippen LogP contribution in [0.2, 0.25) is 0 Å². The monoisotopic (exact) mass is 310 g/mol. The van der Waals surface area contributed by atoms with Gasteiger partial charge < -0.3 is 10.2 Å². The third kappa shape index (κ3) is 3.10. The van der Waals surface area contributed by atoms with Crippen molar-refractivity contribution in [2.24, 2.45) is 0 Å². The largest absolute Gasteiger partial charge is 0.349 e. The Morgan fingerprint density at radius 2 is 1.83 bits per heavy atom. The summed E-state index contributed by atoms with van der Waals surface area (Å²) in [6.07, 6.45) is 2.09. The van der Waals surface area contributed by atoms with Crippen LogP contribution in [0.3, 0.4) is 0 Å². The molecule has 96 valence electrons. The van der Waals surface area contributed by atoms with Crippen LogP contribution in [0.5, 0.6) is 0 Å². The molecule has 1 N–H and O–H groups in total. The van der Waals surface area contributed by atoms with E-state index >= 15 is 0 Å². The molecule has 0 spiro atoms. The van der Waals surface area contributed by atoms with E-state index in [1.807, 2.05) is 0 Å². The van der Waals surface area contributed by atoms with Crippen molar-refractivity contribution in [3.8, 4) is 0 Å². The lowest BCUT2D eigenvalue weighted by Crippen LogP contribution is -2.26. The smallest absolute Gasteiger partial charge is 0.253 e. The fourth-order valence-electron chi connectivity index (χ4n) is 1.60. The number of halogens is 1. The maximum Gasteiger partial charge on any atom is 0.253 e. The zero-order chi connectivity index (χ0) is 13.3. The van der Waals surface area contributed by atoms with Crippen LogP contribution in [-0.4, -0.2) is 36.9 Å². The summed E-state index contributed by atoms with van der Waals surface area (Å²) in [4.78, 5) is 25.3. The second kappa shape index (κ2) is 5.10. The van der Waals surface area contributed by atoms with Gasteiger partial charge in [0.1, 0.15) is 0 Å². The van der Waals surface area contributed by atoms with E-state index in [1.165, 1.54) is 4.90 Å². The average molecular weight is 311 g/mol. The van der Waals surface area contributed by atoms with Gasteiger partial charge in [-0.1, -0.05) is 15.9 Å². The molecule has 2 rings (SSSR count). The number of carbonyl (C=O) groups is 2. The molecule has 0 heterocycles. The van der Waals surface area contributed by atoms with Gasteiger partial charge in [0.05, 0.1) is 0 Å². The summed E-state index contributed by atoms with van der Waals surface area (Å²) in [5.74, 6) is -0.233. The van der Waals surface area contributed by atoms with Gasteiger partial charge in [0, 0.05) is 35.7 Å². The van der Waals surface area contributed by atoms with E-state index in [4.69, 9.17) is 0 Å². The molecule has 5 heteroatoms. The van der Waals surface area contributed by atoms with Crippen LogP contribution in [0, 0.1) is 0 Å². The fourth-order valence-corrected chi connectivity index (χ4v) is 2.09. The minimum absolute atomic E-state index is 0.114. The standard InChI is InChI=1S/C13H15BrN2O2/c1-16(2)13(18)9-5-8(6-10(14)7-9)12(17)15-11-3-4-11/h5-7,11H,3-4H2,1-2H3,(H,15,17). The Balaban J connectivity index is 2.25. The van der Waals surface area contributed by atoms with Crippen molar-refractivity contribution in [1.29, 1.82) is 0 Å². The summed E-state index contributed by atoms with van der Waals surface area (Å²) >= 11 is 3.33. The van der Waals surface area contributed by atoms with Gasteiger partial charge >= 0.3 is 0 Å². The first-order valence-corrected chi connectivity index (χ1v) is 6.60. The molecule has 2 amide bonds. The Bertz CT molecular complexity index is 496. The summed E-state index contributed by atoms with van der Waals surface area (Å²) < 4.78 is 0.733. The van der Waals surface area contributed by atoms with Crippen LogP contribution in [0.1, 0.15) is 33.6 Å². The topological polar surface area (TPSA) is 49.4 Å². The van der Waals surface area contributed by atoms with Crippen LogP contribution < -0.4 is 5.32 Å². The number of amides is 2. The molecule has 0 saturated heterocycles. The van der Waals surface area contributed by atoms with Crippen molar-refractivity contribution in [1.82, 2.24) is 10.2 Å². The van der Waals surface area contributed by atoms with Crippen molar-refractivity contribution >= 4 is 27.7 Å². The molecule has 4 nitrogen and oxygen atoms in total. The summed E-state index contributed by atoms with van der Waals surface area (Å²) in [5, 5.41) is 2.91. The van der Waals surface area contributed by atoms with Crippen molar-refractivity contribution in [2.45, 2.75) is 18.9 Å². The molecule has 0 aromatic heterocycles. The number of benzene rings is 1. The molecule has 1 aromatic rings. The highest BCUT2D eigenvalue weighted by atomic mass is 79.9. The van der Waals surface area contributed by atoms with Crippen LogP contribution in [0.25, 0.3) is 0 Å². The Morgan fingerprint density at radius 3 is 2.39 bits per heavy atom. The van der Waals surface area contributed by atoms with Gasteiger partial charge in [-0.05, 0) is 31.0 Å². The molecule has 0 aliphatic heterocycles. The number of nitrogens with zero attached hydrogens (tertiary/aromatic N) is 1. The van der Waals surface area contributed by atoms with E-state index in [0.717, 1.165) is 17.3 Å². The van der Waals surface area contributed by atoms with E-state index < -0.39 is 0 Å². The number of hydrogen-bond acceptors (Lipinski definition) is 2. The predicted octanol–water partition coefficient (Wildman–Crippen LogP) is 2.04. The molecule has 0 radical (unpaired) electrons. The van der Waals surface area contributed by atoms with Crippen molar-refractivity contribution < 1.29 is 9.59 Å². The second-order valence-corrected chi connectivity index (χ2v) is 5.59. The third-order valence-electron chi connectivity index (χ3n) is 2.73. The summed E-state index contributed by atoms with van der Waals surface area (Å²) in [6, 6.07) is 5.38. The van der Waals surface area contributed by atoms with E-state index in [0.29, 0.717) is 17.2 Å². The third-order valence-corrected chi connectivity index (χ3v) is 3.18. The SMILES string of the molecule is CN(C)C(=O)c1cc(Br)cc(C(=O)NC2CC2)c1. The predicted molar refractivity (Wildman–Crippen MR) is 72.6 cm³/mol. The van der Waals surface area contributed by atoms with Gasteiger partial charge in [-0.25, -0.2) is 0 Å². The van der Waals surface area contributed by atoms with Gasteiger partial charge in [0.25, 0.3) is 11.8 Å². The lowest BCUT2D eigenvalue weighted by atomic mass is 10.1. The van der Waals surface area contributed by atoms with Gasteiger partial charge in [-0.15, -0.1) is 0 Å². The van der Waals surface area contributed by atoms with Gasteiger partial charge in [0.15, 0.2) is 0 Å². The molecule has 1 saturated carbocycles. The molecule has 1 aliphatic carbocycles. The lowest BCUT2D eigenvalue weighted by Gasteiger charge is -2.12. The Hall–Kier alpha value is -1.36. The molecule has 1 aliphatic rings. The van der Waals surface area contributed by atoms with Crippen molar-refractivity contribution in [2.75, 3.05) is 14.1 Å². The van der Waals surface area contributed by atoms with Crippen LogP contribution in [0.15, 0.2) is 22.7 Å². The van der Waals surface area contributed by atoms with Gasteiger partial charge in [-0.2, -0.15) is 0 Å². The van der Waals surface area contributed by atoms with E-state index in [1.54, 1.807) is 32.3 Å². The Labute approximate surface area is 114 Å². The maximum absolute atomic E-state index is 11.9. The highest BCUT2D eigenvalue weighted by Crippen LogP contribution is 2.21. The highest BCUT2D eigenvalue weighted by molar-refractivity contribution is 9.10. The normalized spacial score (nSPS) is 14.2. The quantitative estimate of drug-likeness (QED) is 0.929. The number of nitrogens with one attached hydrogen (secondary N) is 1. The highest BCUT2D eigenvalue weighted by Gasteiger charge is 2.24. The summed E-state index contributed by atoms with van der Waals surface area (Å²) in [5.41, 5.74) is 1.02. The zero-order valence-electron chi connectivity index (χ0n) is 10.4. The minimum Gasteiger partial charge on any atom is -0.349 e. The van der Waals surface area contributed by atoms with Crippen LogP contribution in [0.4, 0.5) is 0 Å². The molecule has 1 fully saturated rings. The molecule has 0 unspecified atom stereocenters. The molecular weight excluding hydrogens is 296 g/mol. The number of hydrogen-bond donors (Lipinski definition) is 1. The molecule has 18 heavy (non-hydrogen) atoms. The first-order valence-electron chi connectivity index (χ1n) is 5.80. The van der Waals surface area contributed by atoms with Gasteiger partial charge in [-0.3, -0.25) is 9.59 Å². The molecular formula is C13H15BrN2O2. The van der Waals surface area contributed by atoms with E-state index in [9.17, 15) is 9.59 Å². The first-order chi connectivity index (χ1) is 8.47. The van der Waals surface area contributed by atoms with Gasteiger partial charge in [0.2, 0.25) is 0 Å². The van der Waals surface area contributed by atoms with E-state index in [-0.39, 0.29) is 11.8 Å². The van der Waals surface area contributed by atoms with E-state index in [2.05, 4.69) is 21.2 Å². The number of carbonyl (C=O) groups excluding carboxylic acids is 2. The Morgan fingerprint density at radius 1 is 1.22 bits per heavy atom. The van der Waals surface area contributed by atoms with Crippen molar-refractivity contribution in [3.05, 3.63) is 33.8 Å². The second-order valence-electron chi connectivity index (χ2n) is 4.68. The minimum atomic E-state index is -0.119. The molecule has 0 atom stereocenters. The number of rotatable bonds is 3. The zero-order valence-corrected chi connectivity index (χ0v) is 12.0. The summed E-state index contributed by atoms with van der Waals surface area (Å²) in [6.45, 7) is 0. The maximum atomic E-state index is 11.9. The van der Waals surface area contributed by atoms with Crippen molar-refractivity contribution in [3.63, 3.8) is 0 Å². The van der Waals surface area contributed by atoms with Crippen LogP contribution in [-0.2, 0) is 0 Å². The van der Waals surface area contributed by atoms with Crippen LogP contribution >= 0.6 is 15.9 Å². The fraction of sp³-hybridized carbons (Fsp3) is 0.385. The summed E-state index contributed by atoms with van der Waals surface area (Å²) in [7, 11) is 3.38.